The van der Waals surface area contributed by atoms with Crippen LogP contribution in [0.3, 0.4) is 0 Å². The molecule has 0 saturated carbocycles. The van der Waals surface area contributed by atoms with E-state index >= 15 is 0 Å². The molecule has 21 heavy (non-hydrogen) atoms. The minimum absolute atomic E-state index is 0.114. The van der Waals surface area contributed by atoms with Crippen LogP contribution in [-0.4, -0.2) is 10.2 Å². The molecule has 2 aromatic rings. The highest BCUT2D eigenvalue weighted by Crippen LogP contribution is 2.20. The number of H-pyrrole nitrogens is 1. The Morgan fingerprint density at radius 3 is 3.00 bits per heavy atom. The van der Waals surface area contributed by atoms with Gasteiger partial charge in [0.25, 0.3) is 5.56 Å². The monoisotopic (exact) mass is 283 g/mol. The van der Waals surface area contributed by atoms with Crippen molar-refractivity contribution in [3.05, 3.63) is 75.0 Å². The number of hydrogen-bond acceptors (Lipinski definition) is 3. The first kappa shape index (κ1) is 13.3. The van der Waals surface area contributed by atoms with Gasteiger partial charge in [-0.15, -0.1) is 0 Å². The first-order valence-corrected chi connectivity index (χ1v) is 6.62. The minimum Gasteiger partial charge on any atom is -0.396 e. The van der Waals surface area contributed by atoms with Crippen molar-refractivity contribution in [2.75, 3.05) is 5.73 Å². The van der Waals surface area contributed by atoms with Crippen LogP contribution in [0.4, 0.5) is 10.1 Å². The molecule has 0 spiro atoms. The third kappa shape index (κ3) is 2.63. The standard InChI is InChI=1S/C16H14FN3O/c17-13-7-6-10(8-14(13)18)9-15-11-4-2-1-3-5-12(11)16(21)20-19-15/h1-3,5-8H,4,9,18H2,(H,20,21). The Morgan fingerprint density at radius 1 is 1.33 bits per heavy atom. The highest BCUT2D eigenvalue weighted by Gasteiger charge is 2.13. The van der Waals surface area contributed by atoms with Crippen molar-refractivity contribution >= 4 is 11.8 Å². The number of nitrogens with one attached hydrogen (secondary N) is 1. The molecular formula is C16H14FN3O. The quantitative estimate of drug-likeness (QED) is 0.830. The highest BCUT2D eigenvalue weighted by atomic mass is 19.1. The summed E-state index contributed by atoms with van der Waals surface area (Å²) in [5.74, 6) is -0.433. The van der Waals surface area contributed by atoms with Gasteiger partial charge < -0.3 is 5.73 Å². The fourth-order valence-corrected chi connectivity index (χ4v) is 2.40. The lowest BCUT2D eigenvalue weighted by atomic mass is 10.00. The summed E-state index contributed by atoms with van der Waals surface area (Å²) in [6.07, 6.45) is 8.63. The van der Waals surface area contributed by atoms with Crippen molar-refractivity contribution in [3.8, 4) is 0 Å². The molecule has 1 aliphatic carbocycles. The third-order valence-corrected chi connectivity index (χ3v) is 3.47. The van der Waals surface area contributed by atoms with Gasteiger partial charge in [0, 0.05) is 12.0 Å². The van der Waals surface area contributed by atoms with Crippen molar-refractivity contribution < 1.29 is 4.39 Å². The number of nitrogen functional groups attached to an aromatic ring is 1. The number of hydrogen-bond donors (Lipinski definition) is 2. The zero-order valence-corrected chi connectivity index (χ0v) is 11.3. The number of halogens is 1. The molecule has 106 valence electrons. The summed E-state index contributed by atoms with van der Waals surface area (Å²) in [4.78, 5) is 11.9. The number of fused-ring (bicyclic) bond motifs is 1. The van der Waals surface area contributed by atoms with Gasteiger partial charge in [-0.3, -0.25) is 4.79 Å². The molecule has 3 N–H and O–H groups in total. The van der Waals surface area contributed by atoms with E-state index in [0.717, 1.165) is 16.8 Å². The van der Waals surface area contributed by atoms with Crippen LogP contribution in [0.1, 0.15) is 22.4 Å². The average molecular weight is 283 g/mol. The Bertz CT molecular complexity index is 806. The van der Waals surface area contributed by atoms with Gasteiger partial charge in [-0.2, -0.15) is 5.10 Å². The van der Waals surface area contributed by atoms with Gasteiger partial charge in [-0.05, 0) is 35.8 Å². The molecule has 1 aromatic heterocycles. The molecule has 1 aromatic carbocycles. The number of rotatable bonds is 2. The summed E-state index contributed by atoms with van der Waals surface area (Å²) >= 11 is 0. The van der Waals surface area contributed by atoms with E-state index in [1.807, 2.05) is 18.2 Å². The van der Waals surface area contributed by atoms with E-state index < -0.39 is 5.82 Å². The first-order chi connectivity index (χ1) is 10.1. The highest BCUT2D eigenvalue weighted by molar-refractivity contribution is 5.57. The number of nitrogens with zero attached hydrogens (tertiary/aromatic N) is 1. The first-order valence-electron chi connectivity index (χ1n) is 6.62. The number of aromatic nitrogens is 2. The average Bonchev–Trinajstić information content (AvgIpc) is 2.72. The molecule has 0 saturated heterocycles. The summed E-state index contributed by atoms with van der Waals surface area (Å²) in [5, 5.41) is 6.65. The molecule has 1 aliphatic rings. The second kappa shape index (κ2) is 5.36. The lowest BCUT2D eigenvalue weighted by molar-refractivity contribution is 0.632. The largest absolute Gasteiger partial charge is 0.396 e. The molecule has 0 bridgehead atoms. The van der Waals surface area contributed by atoms with Gasteiger partial charge in [-0.1, -0.05) is 24.3 Å². The maximum atomic E-state index is 13.2. The maximum absolute atomic E-state index is 13.2. The predicted octanol–water partition coefficient (Wildman–Crippen LogP) is 2.21. The Hall–Kier alpha value is -2.69. The summed E-state index contributed by atoms with van der Waals surface area (Å²) in [7, 11) is 0. The van der Waals surface area contributed by atoms with E-state index in [1.165, 1.54) is 6.07 Å². The smallest absolute Gasteiger partial charge is 0.271 e. The van der Waals surface area contributed by atoms with Crippen LogP contribution < -0.4 is 11.3 Å². The van der Waals surface area contributed by atoms with Gasteiger partial charge in [0.05, 0.1) is 11.4 Å². The van der Waals surface area contributed by atoms with Crippen LogP contribution in [0, 0.1) is 5.82 Å². The van der Waals surface area contributed by atoms with Crippen LogP contribution in [0.2, 0.25) is 0 Å². The van der Waals surface area contributed by atoms with Crippen LogP contribution in [0.5, 0.6) is 0 Å². The lowest BCUT2D eigenvalue weighted by Gasteiger charge is -2.09. The van der Waals surface area contributed by atoms with E-state index in [-0.39, 0.29) is 11.2 Å². The Kier molecular flexibility index (Phi) is 3.39. The lowest BCUT2D eigenvalue weighted by Crippen LogP contribution is -2.17. The van der Waals surface area contributed by atoms with Gasteiger partial charge >= 0.3 is 0 Å². The van der Waals surface area contributed by atoms with Crippen molar-refractivity contribution in [1.82, 2.24) is 10.2 Å². The van der Waals surface area contributed by atoms with E-state index in [0.29, 0.717) is 18.4 Å². The summed E-state index contributed by atoms with van der Waals surface area (Å²) in [6.45, 7) is 0. The Balaban J connectivity index is 2.03. The summed E-state index contributed by atoms with van der Waals surface area (Å²) in [6, 6.07) is 4.61. The minimum atomic E-state index is -0.433. The van der Waals surface area contributed by atoms with Crippen molar-refractivity contribution in [2.24, 2.45) is 0 Å². The molecule has 1 heterocycles. The molecule has 0 aliphatic heterocycles. The fourth-order valence-electron chi connectivity index (χ4n) is 2.40. The molecule has 0 fully saturated rings. The molecule has 3 rings (SSSR count). The molecule has 0 atom stereocenters. The van der Waals surface area contributed by atoms with E-state index in [4.69, 9.17) is 5.73 Å². The van der Waals surface area contributed by atoms with Gasteiger partial charge in [0.1, 0.15) is 5.82 Å². The predicted molar refractivity (Wildman–Crippen MR) is 80.4 cm³/mol. The van der Waals surface area contributed by atoms with E-state index in [9.17, 15) is 9.18 Å². The molecule has 4 nitrogen and oxygen atoms in total. The topological polar surface area (TPSA) is 71.8 Å². The van der Waals surface area contributed by atoms with Crippen molar-refractivity contribution in [3.63, 3.8) is 0 Å². The Labute approximate surface area is 120 Å². The van der Waals surface area contributed by atoms with Crippen molar-refractivity contribution in [2.45, 2.75) is 12.8 Å². The van der Waals surface area contributed by atoms with Crippen molar-refractivity contribution in [1.29, 1.82) is 0 Å². The second-order valence-electron chi connectivity index (χ2n) is 4.92. The molecule has 0 unspecified atom stereocenters. The zero-order valence-electron chi connectivity index (χ0n) is 11.3. The fraction of sp³-hybridized carbons (Fsp3) is 0.125. The molecular weight excluding hydrogens is 269 g/mol. The van der Waals surface area contributed by atoms with Gasteiger partial charge in [0.15, 0.2) is 0 Å². The third-order valence-electron chi connectivity index (χ3n) is 3.47. The molecule has 0 radical (unpaired) electrons. The number of nitrogens with two attached hydrogens (primary N) is 1. The van der Waals surface area contributed by atoms with Crippen LogP contribution in [-0.2, 0) is 12.8 Å². The van der Waals surface area contributed by atoms with Gasteiger partial charge in [-0.25, -0.2) is 9.49 Å². The second-order valence-corrected chi connectivity index (χ2v) is 4.92. The zero-order chi connectivity index (χ0) is 14.8. The number of aromatic amines is 1. The molecule has 0 amide bonds. The maximum Gasteiger partial charge on any atom is 0.271 e. The van der Waals surface area contributed by atoms with Crippen LogP contribution in [0.15, 0.2) is 41.2 Å². The SMILES string of the molecule is Nc1cc(Cc2n[nH]c(=O)c3c2CC=CC=C3)ccc1F. The van der Waals surface area contributed by atoms with Crippen LogP contribution >= 0.6 is 0 Å². The van der Waals surface area contributed by atoms with E-state index in [1.54, 1.807) is 18.2 Å². The molecule has 5 heteroatoms. The number of benzene rings is 1. The summed E-state index contributed by atoms with van der Waals surface area (Å²) < 4.78 is 13.2. The van der Waals surface area contributed by atoms with Crippen LogP contribution in [0.25, 0.3) is 6.08 Å². The number of anilines is 1. The summed E-state index contributed by atoms with van der Waals surface area (Å²) in [5.41, 5.74) is 8.64. The van der Waals surface area contributed by atoms with E-state index in [2.05, 4.69) is 10.2 Å². The Morgan fingerprint density at radius 2 is 2.19 bits per heavy atom. The normalized spacial score (nSPS) is 13.0. The number of allylic oxidation sites excluding steroid dienone is 3. The van der Waals surface area contributed by atoms with Gasteiger partial charge in [0.2, 0.25) is 0 Å².